The Morgan fingerprint density at radius 3 is 2.20 bits per heavy atom. The minimum absolute atomic E-state index is 0.967. The first-order valence-electron chi connectivity index (χ1n) is 10.2. The van der Waals surface area contributed by atoms with E-state index in [9.17, 15) is 0 Å². The van der Waals surface area contributed by atoms with Crippen LogP contribution in [0.2, 0.25) is 0 Å². The standard InChI is InChI=1S/C26H18N4/c1-28-24-15-19-18-11-5-7-13-21(18)29(17-9-3-2-4-10-17)23(19)16-25(24)30-22-14-8-6-12-20(22)27-26(28)30/h2-16H,1H3. The number of aromatic nitrogens is 4. The fourth-order valence-corrected chi connectivity index (χ4v) is 4.88. The van der Waals surface area contributed by atoms with Crippen molar-refractivity contribution in [3.63, 3.8) is 0 Å². The van der Waals surface area contributed by atoms with Gasteiger partial charge < -0.3 is 9.13 Å². The first kappa shape index (κ1) is 15.8. The summed E-state index contributed by atoms with van der Waals surface area (Å²) in [6.07, 6.45) is 0. The van der Waals surface area contributed by atoms with Crippen LogP contribution in [-0.4, -0.2) is 18.5 Å². The van der Waals surface area contributed by atoms with Gasteiger partial charge in [-0.25, -0.2) is 4.98 Å². The molecule has 4 heteroatoms. The van der Waals surface area contributed by atoms with Gasteiger partial charge in [-0.2, -0.15) is 0 Å². The van der Waals surface area contributed by atoms with E-state index in [1.54, 1.807) is 0 Å². The van der Waals surface area contributed by atoms with E-state index in [2.05, 4.69) is 106 Å². The van der Waals surface area contributed by atoms with E-state index < -0.39 is 0 Å². The maximum atomic E-state index is 4.89. The van der Waals surface area contributed by atoms with Crippen molar-refractivity contribution in [1.82, 2.24) is 18.5 Å². The molecule has 0 aliphatic carbocycles. The van der Waals surface area contributed by atoms with Crippen LogP contribution in [0, 0.1) is 0 Å². The van der Waals surface area contributed by atoms with E-state index in [1.165, 1.54) is 38.5 Å². The minimum Gasteiger partial charge on any atom is -0.313 e. The molecule has 7 aromatic rings. The van der Waals surface area contributed by atoms with Crippen molar-refractivity contribution < 1.29 is 0 Å². The molecule has 0 saturated heterocycles. The minimum atomic E-state index is 0.967. The van der Waals surface area contributed by atoms with Crippen molar-refractivity contribution in [3.05, 3.63) is 91.0 Å². The van der Waals surface area contributed by atoms with Crippen LogP contribution in [-0.2, 0) is 7.05 Å². The van der Waals surface area contributed by atoms with E-state index in [0.29, 0.717) is 0 Å². The van der Waals surface area contributed by atoms with E-state index in [1.807, 2.05) is 6.07 Å². The molecule has 0 saturated carbocycles. The summed E-state index contributed by atoms with van der Waals surface area (Å²) in [5, 5.41) is 2.53. The largest absolute Gasteiger partial charge is 0.313 e. The number of para-hydroxylation sites is 4. The summed E-state index contributed by atoms with van der Waals surface area (Å²) in [5.41, 5.74) is 8.13. The zero-order chi connectivity index (χ0) is 19.8. The number of rotatable bonds is 1. The molecule has 0 aliphatic rings. The van der Waals surface area contributed by atoms with Crippen molar-refractivity contribution >= 4 is 49.7 Å². The topological polar surface area (TPSA) is 27.2 Å². The maximum absolute atomic E-state index is 4.89. The van der Waals surface area contributed by atoms with Crippen molar-refractivity contribution in [2.45, 2.75) is 0 Å². The second kappa shape index (κ2) is 5.51. The summed E-state index contributed by atoms with van der Waals surface area (Å²) in [7, 11) is 2.10. The van der Waals surface area contributed by atoms with Gasteiger partial charge in [-0.05, 0) is 42.5 Å². The lowest BCUT2D eigenvalue weighted by atomic mass is 10.1. The third kappa shape index (κ3) is 1.88. The van der Waals surface area contributed by atoms with Gasteiger partial charge in [0.05, 0.1) is 33.1 Å². The second-order valence-corrected chi connectivity index (χ2v) is 7.84. The van der Waals surface area contributed by atoms with Gasteiger partial charge in [0.15, 0.2) is 0 Å². The molecule has 4 aromatic carbocycles. The number of fused-ring (bicyclic) bond motifs is 8. The number of benzene rings is 4. The number of aryl methyl sites for hydroxylation is 1. The highest BCUT2D eigenvalue weighted by Gasteiger charge is 2.18. The third-order valence-corrected chi connectivity index (χ3v) is 6.23. The molecule has 0 atom stereocenters. The van der Waals surface area contributed by atoms with Crippen LogP contribution in [0.5, 0.6) is 0 Å². The highest BCUT2D eigenvalue weighted by Crippen LogP contribution is 2.36. The predicted octanol–water partition coefficient (Wildman–Crippen LogP) is 6.08. The Bertz CT molecular complexity index is 1750. The van der Waals surface area contributed by atoms with Crippen LogP contribution >= 0.6 is 0 Å². The van der Waals surface area contributed by atoms with E-state index in [0.717, 1.165) is 16.8 Å². The fraction of sp³-hybridized carbons (Fsp3) is 0.0385. The van der Waals surface area contributed by atoms with E-state index in [-0.39, 0.29) is 0 Å². The van der Waals surface area contributed by atoms with Crippen LogP contribution in [0.1, 0.15) is 0 Å². The SMILES string of the molecule is Cn1c2cc3c4ccccc4n(-c4ccccc4)c3cc2n2c3ccccc3nc12. The van der Waals surface area contributed by atoms with Gasteiger partial charge in [-0.15, -0.1) is 0 Å². The summed E-state index contributed by atoms with van der Waals surface area (Å²) in [6.45, 7) is 0. The van der Waals surface area contributed by atoms with Crippen molar-refractivity contribution in [3.8, 4) is 5.69 Å². The van der Waals surface area contributed by atoms with Crippen LogP contribution in [0.3, 0.4) is 0 Å². The lowest BCUT2D eigenvalue weighted by molar-refractivity contribution is 0.974. The molecule has 142 valence electrons. The molecule has 0 radical (unpaired) electrons. The van der Waals surface area contributed by atoms with Crippen molar-refractivity contribution in [1.29, 1.82) is 0 Å². The number of hydrogen-bond donors (Lipinski definition) is 0. The van der Waals surface area contributed by atoms with Gasteiger partial charge in [0, 0.05) is 23.5 Å². The van der Waals surface area contributed by atoms with E-state index in [4.69, 9.17) is 4.98 Å². The Morgan fingerprint density at radius 1 is 0.600 bits per heavy atom. The zero-order valence-corrected chi connectivity index (χ0v) is 16.4. The van der Waals surface area contributed by atoms with Gasteiger partial charge >= 0.3 is 0 Å². The number of nitrogens with zero attached hydrogens (tertiary/aromatic N) is 4. The Balaban J connectivity index is 1.74. The Labute approximate surface area is 172 Å². The average Bonchev–Trinajstić information content (AvgIpc) is 3.41. The normalized spacial score (nSPS) is 12.2. The molecule has 0 amide bonds. The van der Waals surface area contributed by atoms with Crippen LogP contribution in [0.25, 0.3) is 55.3 Å². The molecule has 7 rings (SSSR count). The summed E-state index contributed by atoms with van der Waals surface area (Å²) < 4.78 is 6.84. The van der Waals surface area contributed by atoms with Crippen LogP contribution in [0.15, 0.2) is 91.0 Å². The maximum Gasteiger partial charge on any atom is 0.215 e. The van der Waals surface area contributed by atoms with Gasteiger partial charge in [-0.3, -0.25) is 4.40 Å². The summed E-state index contributed by atoms with van der Waals surface area (Å²) in [6, 6.07) is 32.2. The van der Waals surface area contributed by atoms with Crippen molar-refractivity contribution in [2.24, 2.45) is 7.05 Å². The molecule has 0 unspecified atom stereocenters. The second-order valence-electron chi connectivity index (χ2n) is 7.84. The van der Waals surface area contributed by atoms with E-state index >= 15 is 0 Å². The highest BCUT2D eigenvalue weighted by molar-refractivity contribution is 6.13. The monoisotopic (exact) mass is 386 g/mol. The molecule has 0 bridgehead atoms. The molecule has 3 heterocycles. The third-order valence-electron chi connectivity index (χ3n) is 6.23. The molecule has 4 nitrogen and oxygen atoms in total. The molecule has 0 aliphatic heterocycles. The number of imidazole rings is 2. The number of hydrogen-bond acceptors (Lipinski definition) is 1. The smallest absolute Gasteiger partial charge is 0.215 e. The van der Waals surface area contributed by atoms with Gasteiger partial charge in [0.2, 0.25) is 5.78 Å². The summed E-state index contributed by atoms with van der Waals surface area (Å²) >= 11 is 0. The van der Waals surface area contributed by atoms with Crippen LogP contribution in [0.4, 0.5) is 0 Å². The lowest BCUT2D eigenvalue weighted by Crippen LogP contribution is -1.93. The van der Waals surface area contributed by atoms with Crippen LogP contribution < -0.4 is 0 Å². The summed E-state index contributed by atoms with van der Waals surface area (Å²) in [5.74, 6) is 0.967. The van der Waals surface area contributed by atoms with Gasteiger partial charge in [-0.1, -0.05) is 48.5 Å². The Kier molecular flexibility index (Phi) is 2.91. The van der Waals surface area contributed by atoms with Gasteiger partial charge in [0.25, 0.3) is 0 Å². The molecule has 0 N–H and O–H groups in total. The highest BCUT2D eigenvalue weighted by atomic mass is 15.2. The first-order chi connectivity index (χ1) is 14.8. The molecule has 0 spiro atoms. The molecular weight excluding hydrogens is 368 g/mol. The summed E-state index contributed by atoms with van der Waals surface area (Å²) in [4.78, 5) is 4.89. The van der Waals surface area contributed by atoms with Gasteiger partial charge in [0.1, 0.15) is 0 Å². The Morgan fingerprint density at radius 2 is 1.33 bits per heavy atom. The first-order valence-corrected chi connectivity index (χ1v) is 10.2. The lowest BCUT2D eigenvalue weighted by Gasteiger charge is -2.07. The molecule has 0 fully saturated rings. The molecule has 3 aromatic heterocycles. The molecular formula is C26H18N4. The Hall–Kier alpha value is -4.05. The quantitative estimate of drug-likeness (QED) is 0.336. The predicted molar refractivity (Wildman–Crippen MR) is 124 cm³/mol. The molecule has 30 heavy (non-hydrogen) atoms. The fourth-order valence-electron chi connectivity index (χ4n) is 4.88. The zero-order valence-electron chi connectivity index (χ0n) is 16.4. The van der Waals surface area contributed by atoms with Crippen molar-refractivity contribution in [2.75, 3.05) is 0 Å². The average molecular weight is 386 g/mol.